The fraction of sp³-hybridized carbons (Fsp3) is 0.211. The third-order valence-electron chi connectivity index (χ3n) is 3.66. The first-order valence-corrected chi connectivity index (χ1v) is 9.63. The molecule has 0 saturated heterocycles. The number of hydrogen-bond donors (Lipinski definition) is 1. The molecule has 0 radical (unpaired) electrons. The van der Waals surface area contributed by atoms with E-state index in [-0.39, 0.29) is 16.8 Å². The summed E-state index contributed by atoms with van der Waals surface area (Å²) in [5.74, 6) is -0.183. The van der Waals surface area contributed by atoms with Gasteiger partial charge in [0.15, 0.2) is 9.84 Å². The Kier molecular flexibility index (Phi) is 5.93. The molecule has 0 bridgehead atoms. The Balaban J connectivity index is 2.06. The van der Waals surface area contributed by atoms with E-state index in [0.29, 0.717) is 6.42 Å². The number of benzene rings is 2. The standard InChI is InChI=1S/C19H21NO3S/c1-3-18(16-10-12-17(13-11-16)24(2,22)23)20-19(21)14-9-15-7-5-4-6-8-15/h4-14,18H,3H2,1-2H3,(H,20,21)/b14-9+/t18-/m0/s1. The van der Waals surface area contributed by atoms with E-state index in [2.05, 4.69) is 5.32 Å². The minimum atomic E-state index is -3.21. The van der Waals surface area contributed by atoms with Crippen LogP contribution in [0.5, 0.6) is 0 Å². The lowest BCUT2D eigenvalue weighted by Crippen LogP contribution is -2.26. The van der Waals surface area contributed by atoms with E-state index in [1.54, 1.807) is 30.3 Å². The van der Waals surface area contributed by atoms with Gasteiger partial charge in [-0.2, -0.15) is 0 Å². The van der Waals surface area contributed by atoms with Crippen LogP contribution < -0.4 is 5.32 Å². The van der Waals surface area contributed by atoms with Crippen molar-refractivity contribution in [2.24, 2.45) is 0 Å². The molecule has 0 aromatic heterocycles. The molecule has 1 atom stereocenters. The van der Waals surface area contributed by atoms with Crippen LogP contribution in [0.3, 0.4) is 0 Å². The lowest BCUT2D eigenvalue weighted by molar-refractivity contribution is -0.117. The minimum absolute atomic E-state index is 0.161. The van der Waals surface area contributed by atoms with Gasteiger partial charge in [0.2, 0.25) is 5.91 Å². The molecule has 2 aromatic rings. The summed E-state index contributed by atoms with van der Waals surface area (Å²) in [5, 5.41) is 2.94. The minimum Gasteiger partial charge on any atom is -0.346 e. The highest BCUT2D eigenvalue weighted by Crippen LogP contribution is 2.19. The number of amides is 1. The number of nitrogens with one attached hydrogen (secondary N) is 1. The van der Waals surface area contributed by atoms with Gasteiger partial charge in [0.25, 0.3) is 0 Å². The average molecular weight is 343 g/mol. The average Bonchev–Trinajstić information content (AvgIpc) is 2.58. The van der Waals surface area contributed by atoms with Crippen molar-refractivity contribution < 1.29 is 13.2 Å². The predicted octanol–water partition coefficient (Wildman–Crippen LogP) is 3.37. The Labute approximate surface area is 143 Å². The van der Waals surface area contributed by atoms with Crippen LogP contribution in [0.25, 0.3) is 6.08 Å². The molecular weight excluding hydrogens is 322 g/mol. The summed E-state index contributed by atoms with van der Waals surface area (Å²) in [4.78, 5) is 12.4. The lowest BCUT2D eigenvalue weighted by Gasteiger charge is -2.16. The first kappa shape index (κ1) is 17.9. The zero-order chi connectivity index (χ0) is 17.6. The van der Waals surface area contributed by atoms with Gasteiger partial charge < -0.3 is 5.32 Å². The van der Waals surface area contributed by atoms with Gasteiger partial charge in [0.1, 0.15) is 0 Å². The molecule has 2 rings (SSSR count). The first-order chi connectivity index (χ1) is 11.4. The molecule has 0 unspecified atom stereocenters. The van der Waals surface area contributed by atoms with Crippen LogP contribution in [0.1, 0.15) is 30.5 Å². The van der Waals surface area contributed by atoms with Crippen molar-refractivity contribution in [2.75, 3.05) is 6.26 Å². The Morgan fingerprint density at radius 2 is 1.71 bits per heavy atom. The topological polar surface area (TPSA) is 63.2 Å². The molecule has 4 nitrogen and oxygen atoms in total. The van der Waals surface area contributed by atoms with Gasteiger partial charge in [-0.1, -0.05) is 49.4 Å². The van der Waals surface area contributed by atoms with Gasteiger partial charge in [-0.05, 0) is 35.8 Å². The van der Waals surface area contributed by atoms with E-state index in [4.69, 9.17) is 0 Å². The summed E-state index contributed by atoms with van der Waals surface area (Å²) < 4.78 is 23.0. The summed E-state index contributed by atoms with van der Waals surface area (Å²) in [6, 6.07) is 16.0. The Bertz CT molecular complexity index is 809. The van der Waals surface area contributed by atoms with Gasteiger partial charge in [-0.3, -0.25) is 4.79 Å². The molecule has 0 aliphatic heterocycles. The van der Waals surface area contributed by atoms with Crippen molar-refractivity contribution >= 4 is 21.8 Å². The number of hydrogen-bond acceptors (Lipinski definition) is 3. The molecule has 5 heteroatoms. The Morgan fingerprint density at radius 3 is 2.25 bits per heavy atom. The SMILES string of the molecule is CC[C@H](NC(=O)/C=C/c1ccccc1)c1ccc(S(C)(=O)=O)cc1. The summed E-state index contributed by atoms with van der Waals surface area (Å²) in [6.45, 7) is 1.97. The number of sulfone groups is 1. The maximum Gasteiger partial charge on any atom is 0.244 e. The Morgan fingerprint density at radius 1 is 1.08 bits per heavy atom. The maximum atomic E-state index is 12.1. The van der Waals surface area contributed by atoms with Crippen molar-refractivity contribution in [3.8, 4) is 0 Å². The second-order valence-corrected chi connectivity index (χ2v) is 7.57. The fourth-order valence-corrected chi connectivity index (χ4v) is 2.95. The molecule has 0 aliphatic rings. The summed E-state index contributed by atoms with van der Waals surface area (Å²) in [7, 11) is -3.21. The van der Waals surface area contributed by atoms with Crippen molar-refractivity contribution in [3.05, 3.63) is 71.8 Å². The van der Waals surface area contributed by atoms with Gasteiger partial charge >= 0.3 is 0 Å². The fourth-order valence-electron chi connectivity index (χ4n) is 2.32. The van der Waals surface area contributed by atoms with Crippen molar-refractivity contribution in [3.63, 3.8) is 0 Å². The smallest absolute Gasteiger partial charge is 0.244 e. The second-order valence-electron chi connectivity index (χ2n) is 5.55. The Hall–Kier alpha value is -2.40. The highest BCUT2D eigenvalue weighted by atomic mass is 32.2. The van der Waals surface area contributed by atoms with Gasteiger partial charge in [-0.15, -0.1) is 0 Å². The van der Waals surface area contributed by atoms with E-state index in [9.17, 15) is 13.2 Å². The van der Waals surface area contributed by atoms with Crippen LogP contribution in [0.4, 0.5) is 0 Å². The molecule has 1 N–H and O–H groups in total. The molecule has 1 amide bonds. The molecule has 0 heterocycles. The third-order valence-corrected chi connectivity index (χ3v) is 4.79. The highest BCUT2D eigenvalue weighted by molar-refractivity contribution is 7.90. The van der Waals surface area contributed by atoms with Crippen LogP contribution >= 0.6 is 0 Å². The van der Waals surface area contributed by atoms with Crippen LogP contribution in [-0.4, -0.2) is 20.6 Å². The van der Waals surface area contributed by atoms with Gasteiger partial charge in [0, 0.05) is 12.3 Å². The van der Waals surface area contributed by atoms with Crippen molar-refractivity contribution in [1.29, 1.82) is 0 Å². The van der Waals surface area contributed by atoms with Crippen LogP contribution in [0, 0.1) is 0 Å². The monoisotopic (exact) mass is 343 g/mol. The number of carbonyl (C=O) groups is 1. The molecule has 0 saturated carbocycles. The number of carbonyl (C=O) groups excluding carboxylic acids is 1. The van der Waals surface area contributed by atoms with Gasteiger partial charge in [-0.25, -0.2) is 8.42 Å². The summed E-state index contributed by atoms with van der Waals surface area (Å²) in [6.07, 6.45) is 5.15. The van der Waals surface area contributed by atoms with E-state index >= 15 is 0 Å². The molecule has 126 valence electrons. The quantitative estimate of drug-likeness (QED) is 0.818. The van der Waals surface area contributed by atoms with Crippen LogP contribution in [-0.2, 0) is 14.6 Å². The molecule has 2 aromatic carbocycles. The second kappa shape index (κ2) is 7.93. The third kappa shape index (κ3) is 5.06. The number of rotatable bonds is 6. The molecule has 0 fully saturated rings. The molecular formula is C19H21NO3S. The summed E-state index contributed by atoms with van der Waals surface area (Å²) in [5.41, 5.74) is 1.84. The summed E-state index contributed by atoms with van der Waals surface area (Å²) >= 11 is 0. The zero-order valence-electron chi connectivity index (χ0n) is 13.8. The largest absolute Gasteiger partial charge is 0.346 e. The maximum absolute atomic E-state index is 12.1. The molecule has 0 spiro atoms. The predicted molar refractivity (Wildman–Crippen MR) is 96.2 cm³/mol. The van der Waals surface area contributed by atoms with Gasteiger partial charge in [0.05, 0.1) is 10.9 Å². The van der Waals surface area contributed by atoms with E-state index in [0.717, 1.165) is 11.1 Å². The van der Waals surface area contributed by atoms with Crippen molar-refractivity contribution in [2.45, 2.75) is 24.3 Å². The lowest BCUT2D eigenvalue weighted by atomic mass is 10.0. The van der Waals surface area contributed by atoms with Crippen LogP contribution in [0.2, 0.25) is 0 Å². The van der Waals surface area contributed by atoms with E-state index in [1.807, 2.05) is 37.3 Å². The van der Waals surface area contributed by atoms with E-state index in [1.165, 1.54) is 12.3 Å². The van der Waals surface area contributed by atoms with Crippen LogP contribution in [0.15, 0.2) is 65.6 Å². The molecule has 0 aliphatic carbocycles. The van der Waals surface area contributed by atoms with E-state index < -0.39 is 9.84 Å². The first-order valence-electron chi connectivity index (χ1n) is 7.74. The van der Waals surface area contributed by atoms with Crippen molar-refractivity contribution in [1.82, 2.24) is 5.32 Å². The molecule has 24 heavy (non-hydrogen) atoms. The normalized spacial score (nSPS) is 12.9. The zero-order valence-corrected chi connectivity index (χ0v) is 14.6. The highest BCUT2D eigenvalue weighted by Gasteiger charge is 2.13.